The lowest BCUT2D eigenvalue weighted by atomic mass is 10.3. The van der Waals surface area contributed by atoms with Crippen LogP contribution in [-0.4, -0.2) is 41.1 Å². The molecule has 1 aromatic rings. The van der Waals surface area contributed by atoms with E-state index in [1.807, 2.05) is 0 Å². The first-order valence-electron chi connectivity index (χ1n) is 5.69. The Morgan fingerprint density at radius 1 is 1.62 bits per heavy atom. The first-order chi connectivity index (χ1) is 7.76. The summed E-state index contributed by atoms with van der Waals surface area (Å²) in [6, 6.07) is 0. The third-order valence-corrected chi connectivity index (χ3v) is 3.26. The summed E-state index contributed by atoms with van der Waals surface area (Å²) in [6.45, 7) is 4.95. The number of hydrogen-bond donors (Lipinski definition) is 1. The zero-order chi connectivity index (χ0) is 11.5. The van der Waals surface area contributed by atoms with Crippen molar-refractivity contribution < 1.29 is 4.74 Å². The van der Waals surface area contributed by atoms with Crippen molar-refractivity contribution in [3.63, 3.8) is 0 Å². The molecular weight excluding hydrogens is 224 g/mol. The zero-order valence-electron chi connectivity index (χ0n) is 9.77. The Morgan fingerprint density at radius 3 is 3.06 bits per heavy atom. The summed E-state index contributed by atoms with van der Waals surface area (Å²) >= 11 is 5.22. The molecular formula is C10H18N4OS. The number of rotatable bonds is 4. The zero-order valence-corrected chi connectivity index (χ0v) is 10.6. The quantitative estimate of drug-likeness (QED) is 0.814. The van der Waals surface area contributed by atoms with Crippen molar-refractivity contribution in [1.29, 1.82) is 0 Å². The smallest absolute Gasteiger partial charge is 0.225 e. The minimum absolute atomic E-state index is 0.320. The lowest BCUT2D eigenvalue weighted by molar-refractivity contribution is 0.121. The second-order valence-corrected chi connectivity index (χ2v) is 4.46. The number of hydrogen-bond acceptors (Lipinski definition) is 4. The molecule has 0 bridgehead atoms. The molecule has 90 valence electrons. The molecule has 5 nitrogen and oxygen atoms in total. The Morgan fingerprint density at radius 2 is 2.44 bits per heavy atom. The van der Waals surface area contributed by atoms with Crippen LogP contribution >= 0.6 is 12.2 Å². The van der Waals surface area contributed by atoms with Crippen LogP contribution in [0.25, 0.3) is 0 Å². The van der Waals surface area contributed by atoms with E-state index in [2.05, 4.69) is 26.6 Å². The second-order valence-electron chi connectivity index (χ2n) is 4.07. The van der Waals surface area contributed by atoms with Gasteiger partial charge in [-0.2, -0.15) is 0 Å². The van der Waals surface area contributed by atoms with Crippen LogP contribution in [0, 0.1) is 4.77 Å². The third-order valence-electron chi connectivity index (χ3n) is 2.95. The van der Waals surface area contributed by atoms with Gasteiger partial charge in [0, 0.05) is 26.7 Å². The summed E-state index contributed by atoms with van der Waals surface area (Å²) in [4.78, 5) is 2.23. The van der Waals surface area contributed by atoms with Gasteiger partial charge in [-0.15, -0.1) is 5.10 Å². The van der Waals surface area contributed by atoms with Gasteiger partial charge < -0.3 is 9.64 Å². The maximum absolute atomic E-state index is 5.35. The number of ether oxygens (including phenoxy) is 1. The van der Waals surface area contributed by atoms with E-state index in [-0.39, 0.29) is 0 Å². The molecule has 1 fully saturated rings. The molecule has 1 N–H and O–H groups in total. The summed E-state index contributed by atoms with van der Waals surface area (Å²) in [7, 11) is 1.76. The van der Waals surface area contributed by atoms with Gasteiger partial charge in [0.1, 0.15) is 0 Å². The van der Waals surface area contributed by atoms with Crippen LogP contribution in [0.4, 0.5) is 5.95 Å². The Bertz CT molecular complexity index is 400. The number of nitrogens with one attached hydrogen (secondary N) is 1. The minimum Gasteiger partial charge on any atom is -0.380 e. The molecule has 1 aromatic heterocycles. The summed E-state index contributed by atoms with van der Waals surface area (Å²) in [5.41, 5.74) is 0. The van der Waals surface area contributed by atoms with Gasteiger partial charge in [-0.1, -0.05) is 6.92 Å². The molecule has 16 heavy (non-hydrogen) atoms. The fourth-order valence-corrected chi connectivity index (χ4v) is 2.30. The maximum atomic E-state index is 5.35. The van der Waals surface area contributed by atoms with E-state index in [1.54, 1.807) is 7.11 Å². The van der Waals surface area contributed by atoms with E-state index < -0.39 is 0 Å². The highest BCUT2D eigenvalue weighted by Crippen LogP contribution is 2.19. The fourth-order valence-electron chi connectivity index (χ4n) is 2.08. The van der Waals surface area contributed by atoms with Crippen molar-refractivity contribution >= 4 is 18.2 Å². The van der Waals surface area contributed by atoms with Gasteiger partial charge >= 0.3 is 0 Å². The Kier molecular flexibility index (Phi) is 3.60. The third kappa shape index (κ3) is 2.12. The SMILES string of the molecule is CCCn1c(N2CCC(OC)C2)n[nH]c1=S. The molecule has 0 amide bonds. The van der Waals surface area contributed by atoms with Crippen LogP contribution in [0.15, 0.2) is 0 Å². The molecule has 0 saturated carbocycles. The van der Waals surface area contributed by atoms with Gasteiger partial charge in [0.25, 0.3) is 0 Å². The van der Waals surface area contributed by atoms with Crippen molar-refractivity contribution in [2.75, 3.05) is 25.1 Å². The highest BCUT2D eigenvalue weighted by molar-refractivity contribution is 7.71. The predicted octanol–water partition coefficient (Wildman–Crippen LogP) is 1.58. The van der Waals surface area contributed by atoms with Crippen molar-refractivity contribution in [3.05, 3.63) is 4.77 Å². The molecule has 0 spiro atoms. The average Bonchev–Trinajstić information content (AvgIpc) is 2.87. The molecule has 2 rings (SSSR count). The fraction of sp³-hybridized carbons (Fsp3) is 0.800. The van der Waals surface area contributed by atoms with E-state index in [0.29, 0.717) is 10.9 Å². The molecule has 1 aliphatic heterocycles. The summed E-state index contributed by atoms with van der Waals surface area (Å²) in [5, 5.41) is 7.17. The summed E-state index contributed by atoms with van der Waals surface area (Å²) < 4.78 is 8.12. The normalized spacial score (nSPS) is 20.6. The molecule has 6 heteroatoms. The maximum Gasteiger partial charge on any atom is 0.225 e. The van der Waals surface area contributed by atoms with Crippen molar-refractivity contribution in [3.8, 4) is 0 Å². The predicted molar refractivity (Wildman–Crippen MR) is 65.3 cm³/mol. The van der Waals surface area contributed by atoms with Crippen molar-refractivity contribution in [1.82, 2.24) is 14.8 Å². The number of anilines is 1. The van der Waals surface area contributed by atoms with Crippen LogP contribution in [0.1, 0.15) is 19.8 Å². The molecule has 1 atom stereocenters. The molecule has 1 saturated heterocycles. The number of nitrogens with zero attached hydrogens (tertiary/aromatic N) is 3. The number of H-pyrrole nitrogens is 1. The van der Waals surface area contributed by atoms with E-state index >= 15 is 0 Å². The lowest BCUT2D eigenvalue weighted by Gasteiger charge is -2.17. The van der Waals surface area contributed by atoms with Gasteiger partial charge in [-0.05, 0) is 25.1 Å². The molecule has 1 aliphatic rings. The largest absolute Gasteiger partial charge is 0.380 e. The molecule has 0 aromatic carbocycles. The van der Waals surface area contributed by atoms with Crippen LogP contribution in [0.3, 0.4) is 0 Å². The van der Waals surface area contributed by atoms with Crippen LogP contribution in [0.5, 0.6) is 0 Å². The van der Waals surface area contributed by atoms with Gasteiger partial charge in [0.05, 0.1) is 6.10 Å². The molecule has 0 aliphatic carbocycles. The van der Waals surface area contributed by atoms with E-state index in [0.717, 1.165) is 38.4 Å². The number of methoxy groups -OCH3 is 1. The van der Waals surface area contributed by atoms with E-state index in [4.69, 9.17) is 17.0 Å². The monoisotopic (exact) mass is 242 g/mol. The number of aromatic nitrogens is 3. The van der Waals surface area contributed by atoms with E-state index in [9.17, 15) is 0 Å². The number of aromatic amines is 1. The highest BCUT2D eigenvalue weighted by Gasteiger charge is 2.25. The van der Waals surface area contributed by atoms with Gasteiger partial charge in [0.2, 0.25) is 5.95 Å². The first-order valence-corrected chi connectivity index (χ1v) is 6.10. The first kappa shape index (κ1) is 11.6. The molecule has 1 unspecified atom stereocenters. The van der Waals surface area contributed by atoms with E-state index in [1.165, 1.54) is 0 Å². The lowest BCUT2D eigenvalue weighted by Crippen LogP contribution is -2.25. The van der Waals surface area contributed by atoms with Crippen LogP contribution in [-0.2, 0) is 11.3 Å². The van der Waals surface area contributed by atoms with Gasteiger partial charge in [-0.3, -0.25) is 4.57 Å². The average molecular weight is 242 g/mol. The standard InChI is InChI=1S/C10H18N4OS/c1-3-5-14-9(11-12-10(14)16)13-6-4-8(7-13)15-2/h8H,3-7H2,1-2H3,(H,12,16). The topological polar surface area (TPSA) is 46.1 Å². The van der Waals surface area contributed by atoms with Crippen molar-refractivity contribution in [2.24, 2.45) is 0 Å². The summed E-state index contributed by atoms with van der Waals surface area (Å²) in [6.07, 6.45) is 2.44. The Balaban J connectivity index is 2.18. The second kappa shape index (κ2) is 4.97. The van der Waals surface area contributed by atoms with Gasteiger partial charge in [-0.25, -0.2) is 5.10 Å². The minimum atomic E-state index is 0.320. The highest BCUT2D eigenvalue weighted by atomic mass is 32.1. The van der Waals surface area contributed by atoms with Crippen LogP contribution in [0.2, 0.25) is 0 Å². The molecule has 0 radical (unpaired) electrons. The van der Waals surface area contributed by atoms with Gasteiger partial charge in [0.15, 0.2) is 4.77 Å². The Hall–Kier alpha value is -0.880. The Labute approximate surface area is 100 Å². The molecule has 2 heterocycles. The van der Waals surface area contributed by atoms with Crippen LogP contribution < -0.4 is 4.90 Å². The van der Waals surface area contributed by atoms with Crippen molar-refractivity contribution in [2.45, 2.75) is 32.4 Å². The summed E-state index contributed by atoms with van der Waals surface area (Å²) in [5.74, 6) is 0.950.